The van der Waals surface area contributed by atoms with Crippen LogP contribution in [0.1, 0.15) is 11.3 Å². The number of carbonyl (C=O) groups excluding carboxylic acids is 1. The van der Waals surface area contributed by atoms with Gasteiger partial charge in [0.05, 0.1) is 6.54 Å². The first-order chi connectivity index (χ1) is 10.2. The van der Waals surface area contributed by atoms with Gasteiger partial charge in [-0.2, -0.15) is 0 Å². The molecular weight excluding hydrogens is 271 g/mol. The first kappa shape index (κ1) is 14.5. The monoisotopic (exact) mass is 284 g/mol. The molecule has 21 heavy (non-hydrogen) atoms. The van der Waals surface area contributed by atoms with E-state index in [2.05, 4.69) is 22.1 Å². The van der Waals surface area contributed by atoms with E-state index >= 15 is 0 Å². The molecule has 1 aromatic heterocycles. The Labute approximate surface area is 122 Å². The van der Waals surface area contributed by atoms with Crippen LogP contribution in [0.3, 0.4) is 0 Å². The number of ether oxygens (including phenoxy) is 1. The number of aromatic nitrogens is 1. The minimum Gasteiger partial charge on any atom is -0.445 e. The third-order valence-electron chi connectivity index (χ3n) is 2.47. The number of nitrogens with zero attached hydrogens (tertiary/aromatic N) is 1. The maximum Gasteiger partial charge on any atom is 0.408 e. The van der Waals surface area contributed by atoms with E-state index in [9.17, 15) is 9.18 Å². The number of alkyl carbamates (subject to hydrolysis) is 1. The molecule has 1 heterocycles. The summed E-state index contributed by atoms with van der Waals surface area (Å²) in [6.07, 6.45) is 0.779. The number of carbonyl (C=O) groups is 1. The molecule has 0 saturated heterocycles. The van der Waals surface area contributed by atoms with E-state index in [0.29, 0.717) is 5.69 Å². The lowest BCUT2D eigenvalue weighted by molar-refractivity contribution is 0.141. The van der Waals surface area contributed by atoms with Gasteiger partial charge in [-0.1, -0.05) is 36.3 Å². The lowest BCUT2D eigenvalue weighted by Gasteiger charge is -2.04. The minimum absolute atomic E-state index is 0.103. The molecule has 0 saturated carbocycles. The van der Waals surface area contributed by atoms with E-state index in [1.807, 2.05) is 30.3 Å². The molecule has 0 atom stereocenters. The maximum absolute atomic E-state index is 12.9. The van der Waals surface area contributed by atoms with Crippen molar-refractivity contribution in [2.24, 2.45) is 0 Å². The van der Waals surface area contributed by atoms with E-state index < -0.39 is 11.9 Å². The average Bonchev–Trinajstić information content (AvgIpc) is 2.51. The highest BCUT2D eigenvalue weighted by molar-refractivity contribution is 5.67. The van der Waals surface area contributed by atoms with Crippen LogP contribution in [0.15, 0.2) is 48.7 Å². The van der Waals surface area contributed by atoms with Crippen molar-refractivity contribution in [3.8, 4) is 11.8 Å². The van der Waals surface area contributed by atoms with Crippen LogP contribution >= 0.6 is 0 Å². The molecular formula is C16H13FN2O2. The molecule has 0 unspecified atom stereocenters. The van der Waals surface area contributed by atoms with Crippen LogP contribution in [0.2, 0.25) is 0 Å². The number of pyridine rings is 1. The summed E-state index contributed by atoms with van der Waals surface area (Å²) in [5.74, 6) is 4.91. The summed E-state index contributed by atoms with van der Waals surface area (Å²) in [6, 6.07) is 11.8. The van der Waals surface area contributed by atoms with Crippen molar-refractivity contribution in [2.45, 2.75) is 6.61 Å². The van der Waals surface area contributed by atoms with Gasteiger partial charge >= 0.3 is 6.09 Å². The topological polar surface area (TPSA) is 51.2 Å². The summed E-state index contributed by atoms with van der Waals surface area (Å²) in [7, 11) is 0. The second-order valence-corrected chi connectivity index (χ2v) is 4.08. The molecule has 2 aromatic rings. The molecule has 0 bridgehead atoms. The molecule has 106 valence electrons. The Balaban J connectivity index is 1.72. The molecule has 1 N–H and O–H groups in total. The number of hydrogen-bond acceptors (Lipinski definition) is 3. The molecule has 0 radical (unpaired) electrons. The predicted octanol–water partition coefficient (Wildman–Crippen LogP) is 2.50. The minimum atomic E-state index is -0.555. The Bertz CT molecular complexity index is 663. The van der Waals surface area contributed by atoms with Crippen molar-refractivity contribution < 1.29 is 13.9 Å². The van der Waals surface area contributed by atoms with Crippen molar-refractivity contribution in [2.75, 3.05) is 6.54 Å². The smallest absolute Gasteiger partial charge is 0.408 e. The van der Waals surface area contributed by atoms with Gasteiger partial charge in [0.15, 0.2) is 0 Å². The van der Waals surface area contributed by atoms with Gasteiger partial charge < -0.3 is 10.1 Å². The number of nitrogens with one attached hydrogen (secondary N) is 1. The van der Waals surface area contributed by atoms with E-state index in [1.165, 1.54) is 18.3 Å². The lowest BCUT2D eigenvalue weighted by Crippen LogP contribution is -2.24. The highest BCUT2D eigenvalue weighted by atomic mass is 19.1. The van der Waals surface area contributed by atoms with Crippen molar-refractivity contribution in [3.63, 3.8) is 0 Å². The van der Waals surface area contributed by atoms with E-state index in [4.69, 9.17) is 4.74 Å². The van der Waals surface area contributed by atoms with E-state index in [0.717, 1.165) is 5.56 Å². The fraction of sp³-hybridized carbons (Fsp3) is 0.125. The Morgan fingerprint density at radius 2 is 2.10 bits per heavy atom. The van der Waals surface area contributed by atoms with Gasteiger partial charge in [-0.3, -0.25) is 0 Å². The van der Waals surface area contributed by atoms with Crippen LogP contribution in [-0.4, -0.2) is 17.6 Å². The zero-order chi connectivity index (χ0) is 14.9. The molecule has 1 amide bonds. The van der Waals surface area contributed by atoms with Gasteiger partial charge in [0.1, 0.15) is 18.1 Å². The number of halogens is 1. The normalized spacial score (nSPS) is 9.38. The van der Waals surface area contributed by atoms with Crippen LogP contribution in [0.25, 0.3) is 0 Å². The van der Waals surface area contributed by atoms with Crippen molar-refractivity contribution in [1.82, 2.24) is 10.3 Å². The molecule has 0 aliphatic carbocycles. The number of amides is 1. The second kappa shape index (κ2) is 7.65. The Hall–Kier alpha value is -2.87. The third-order valence-corrected chi connectivity index (χ3v) is 2.47. The first-order valence-corrected chi connectivity index (χ1v) is 6.29. The molecule has 1 aromatic carbocycles. The summed E-state index contributed by atoms with van der Waals surface area (Å²) in [4.78, 5) is 15.3. The SMILES string of the molecule is O=C(NCC#Cc1cc(F)ccn1)OCc1ccccc1. The summed E-state index contributed by atoms with van der Waals surface area (Å²) >= 11 is 0. The molecule has 5 heteroatoms. The van der Waals surface area contributed by atoms with Gasteiger partial charge in [-0.15, -0.1) is 0 Å². The number of hydrogen-bond donors (Lipinski definition) is 1. The van der Waals surface area contributed by atoms with Crippen molar-refractivity contribution in [1.29, 1.82) is 0 Å². The van der Waals surface area contributed by atoms with Crippen molar-refractivity contribution >= 4 is 6.09 Å². The molecule has 0 fully saturated rings. The van der Waals surface area contributed by atoms with Crippen LogP contribution < -0.4 is 5.32 Å². The van der Waals surface area contributed by atoms with Crippen molar-refractivity contribution in [3.05, 3.63) is 65.7 Å². The summed E-state index contributed by atoms with van der Waals surface area (Å²) in [6.45, 7) is 0.303. The highest BCUT2D eigenvalue weighted by Crippen LogP contribution is 2.00. The van der Waals surface area contributed by atoms with Gasteiger partial charge in [0, 0.05) is 12.3 Å². The quantitative estimate of drug-likeness (QED) is 0.881. The zero-order valence-corrected chi connectivity index (χ0v) is 11.2. The van der Waals surface area contributed by atoms with Gasteiger partial charge in [0.25, 0.3) is 0 Å². The summed E-state index contributed by atoms with van der Waals surface area (Å²) in [5, 5.41) is 2.48. The Kier molecular flexibility index (Phi) is 5.30. The standard InChI is InChI=1S/C16H13FN2O2/c17-14-8-10-18-15(11-14)7-4-9-19-16(20)21-12-13-5-2-1-3-6-13/h1-3,5-6,8,10-11H,9,12H2,(H,19,20). The fourth-order valence-corrected chi connectivity index (χ4v) is 1.50. The number of benzene rings is 1. The zero-order valence-electron chi connectivity index (χ0n) is 11.2. The summed E-state index contributed by atoms with van der Waals surface area (Å²) in [5.41, 5.74) is 1.22. The average molecular weight is 284 g/mol. The third kappa shape index (κ3) is 5.33. The van der Waals surface area contributed by atoms with Crippen LogP contribution in [0.4, 0.5) is 9.18 Å². The second-order valence-electron chi connectivity index (χ2n) is 4.08. The molecule has 4 nitrogen and oxygen atoms in total. The fourth-order valence-electron chi connectivity index (χ4n) is 1.50. The van der Waals surface area contributed by atoms with Gasteiger partial charge in [-0.25, -0.2) is 14.2 Å². The molecule has 0 spiro atoms. The van der Waals surface area contributed by atoms with Gasteiger partial charge in [0.2, 0.25) is 0 Å². The Morgan fingerprint density at radius 3 is 2.86 bits per heavy atom. The van der Waals surface area contributed by atoms with Crippen LogP contribution in [-0.2, 0) is 11.3 Å². The molecule has 0 aliphatic heterocycles. The predicted molar refractivity (Wildman–Crippen MR) is 75.7 cm³/mol. The van der Waals surface area contributed by atoms with E-state index in [-0.39, 0.29) is 13.2 Å². The molecule has 0 aliphatic rings. The van der Waals surface area contributed by atoms with Crippen LogP contribution in [0.5, 0.6) is 0 Å². The summed E-state index contributed by atoms with van der Waals surface area (Å²) < 4.78 is 17.9. The largest absolute Gasteiger partial charge is 0.445 e. The van der Waals surface area contributed by atoms with E-state index in [1.54, 1.807) is 0 Å². The first-order valence-electron chi connectivity index (χ1n) is 6.29. The van der Waals surface area contributed by atoms with Gasteiger partial charge in [-0.05, 0) is 17.6 Å². The number of rotatable bonds is 3. The van der Waals surface area contributed by atoms with Crippen LogP contribution in [0, 0.1) is 17.7 Å². The highest BCUT2D eigenvalue weighted by Gasteiger charge is 2.00. The molecule has 2 rings (SSSR count). The Morgan fingerprint density at radius 1 is 1.29 bits per heavy atom. The maximum atomic E-state index is 12.9. The lowest BCUT2D eigenvalue weighted by atomic mass is 10.2.